The van der Waals surface area contributed by atoms with Crippen molar-refractivity contribution in [1.29, 1.82) is 0 Å². The van der Waals surface area contributed by atoms with Crippen LogP contribution in [0, 0.1) is 5.82 Å². The van der Waals surface area contributed by atoms with Crippen molar-refractivity contribution in [3.63, 3.8) is 0 Å². The van der Waals surface area contributed by atoms with E-state index in [-0.39, 0.29) is 23.5 Å². The van der Waals surface area contributed by atoms with Gasteiger partial charge >= 0.3 is 0 Å². The molecule has 134 valence electrons. The molecule has 0 aromatic carbocycles. The lowest BCUT2D eigenvalue weighted by atomic mass is 9.91. The fourth-order valence-electron chi connectivity index (χ4n) is 3.20. The van der Waals surface area contributed by atoms with Gasteiger partial charge in [-0.05, 0) is 31.7 Å². The van der Waals surface area contributed by atoms with Gasteiger partial charge in [0.15, 0.2) is 17.5 Å². The van der Waals surface area contributed by atoms with Crippen molar-refractivity contribution < 1.29 is 4.39 Å². The molecule has 4 rings (SSSR count). The van der Waals surface area contributed by atoms with Crippen LogP contribution in [0.25, 0.3) is 5.82 Å². The molecular formula is C16H17FN8O. The predicted octanol–water partition coefficient (Wildman–Crippen LogP) is 1.35. The number of nitrogens with one attached hydrogen (secondary N) is 1. The summed E-state index contributed by atoms with van der Waals surface area (Å²) >= 11 is 0. The molecule has 0 saturated heterocycles. The van der Waals surface area contributed by atoms with Crippen LogP contribution in [0.2, 0.25) is 0 Å². The fraction of sp³-hybridized carbons (Fsp3) is 0.375. The molecular weight excluding hydrogens is 339 g/mol. The van der Waals surface area contributed by atoms with Crippen LogP contribution >= 0.6 is 0 Å². The van der Waals surface area contributed by atoms with Gasteiger partial charge in [-0.1, -0.05) is 0 Å². The van der Waals surface area contributed by atoms with Crippen molar-refractivity contribution in [3.8, 4) is 5.82 Å². The van der Waals surface area contributed by atoms with E-state index in [2.05, 4.69) is 30.5 Å². The minimum Gasteiger partial charge on any atom is -0.365 e. The van der Waals surface area contributed by atoms with Crippen LogP contribution in [0.3, 0.4) is 0 Å². The van der Waals surface area contributed by atoms with Gasteiger partial charge in [0.2, 0.25) is 0 Å². The number of rotatable bonds is 4. The zero-order valence-electron chi connectivity index (χ0n) is 13.9. The Hall–Kier alpha value is -3.17. The molecule has 1 saturated carbocycles. The van der Waals surface area contributed by atoms with Gasteiger partial charge in [0.25, 0.3) is 5.56 Å². The second-order valence-electron chi connectivity index (χ2n) is 6.18. The molecule has 1 fully saturated rings. The van der Waals surface area contributed by atoms with E-state index in [1.54, 1.807) is 6.07 Å². The molecule has 0 unspecified atom stereocenters. The highest BCUT2D eigenvalue weighted by Crippen LogP contribution is 2.29. The third-order valence-electron chi connectivity index (χ3n) is 4.52. The first-order chi connectivity index (χ1) is 12.7. The zero-order chi connectivity index (χ0) is 17.9. The molecule has 0 spiro atoms. The molecule has 0 aliphatic heterocycles. The SMILES string of the molecule is O=c1ccc(-n2cncn2)nn1C1CCC(Nc2ncncc2F)CC1. The Morgan fingerprint density at radius 2 is 1.96 bits per heavy atom. The summed E-state index contributed by atoms with van der Waals surface area (Å²) in [5, 5.41) is 11.6. The van der Waals surface area contributed by atoms with E-state index >= 15 is 0 Å². The van der Waals surface area contributed by atoms with Crippen molar-refractivity contribution in [2.75, 3.05) is 5.32 Å². The molecule has 3 aromatic heterocycles. The Balaban J connectivity index is 1.46. The Bertz CT molecular complexity index is 933. The Morgan fingerprint density at radius 1 is 1.12 bits per heavy atom. The highest BCUT2D eigenvalue weighted by atomic mass is 19.1. The molecule has 26 heavy (non-hydrogen) atoms. The molecule has 3 heterocycles. The summed E-state index contributed by atoms with van der Waals surface area (Å²) in [4.78, 5) is 23.7. The zero-order valence-corrected chi connectivity index (χ0v) is 13.9. The Morgan fingerprint density at radius 3 is 2.69 bits per heavy atom. The molecule has 9 nitrogen and oxygen atoms in total. The van der Waals surface area contributed by atoms with Gasteiger partial charge in [0, 0.05) is 12.1 Å². The molecule has 0 atom stereocenters. The number of halogens is 1. The van der Waals surface area contributed by atoms with E-state index in [0.717, 1.165) is 31.9 Å². The van der Waals surface area contributed by atoms with E-state index in [1.807, 2.05) is 0 Å². The molecule has 1 aliphatic rings. The molecule has 0 amide bonds. The summed E-state index contributed by atoms with van der Waals surface area (Å²) in [6.07, 6.45) is 8.51. The largest absolute Gasteiger partial charge is 0.365 e. The topological polar surface area (TPSA) is 103 Å². The van der Waals surface area contributed by atoms with Crippen LogP contribution in [-0.4, -0.2) is 40.6 Å². The first kappa shape index (κ1) is 16.3. The van der Waals surface area contributed by atoms with Crippen molar-refractivity contribution in [2.45, 2.75) is 37.8 Å². The van der Waals surface area contributed by atoms with Crippen molar-refractivity contribution in [1.82, 2.24) is 34.5 Å². The summed E-state index contributed by atoms with van der Waals surface area (Å²) in [7, 11) is 0. The fourth-order valence-corrected chi connectivity index (χ4v) is 3.20. The second kappa shape index (κ2) is 6.98. The lowest BCUT2D eigenvalue weighted by Crippen LogP contribution is -2.34. The standard InChI is InChI=1S/C16H17FN8O/c17-13-7-18-8-20-16(13)22-11-1-3-12(4-2-11)25-15(26)6-5-14(23-25)24-10-19-9-21-24/h5-12H,1-4H2,(H,18,20,22). The minimum atomic E-state index is -0.465. The monoisotopic (exact) mass is 356 g/mol. The lowest BCUT2D eigenvalue weighted by Gasteiger charge is -2.29. The van der Waals surface area contributed by atoms with Crippen LogP contribution in [0.15, 0.2) is 42.1 Å². The third-order valence-corrected chi connectivity index (χ3v) is 4.52. The lowest BCUT2D eigenvalue weighted by molar-refractivity contribution is 0.302. The maximum atomic E-state index is 13.7. The number of anilines is 1. The van der Waals surface area contributed by atoms with Gasteiger partial charge in [-0.2, -0.15) is 5.10 Å². The summed E-state index contributed by atoms with van der Waals surface area (Å²) in [6, 6.07) is 3.22. The highest BCUT2D eigenvalue weighted by molar-refractivity contribution is 5.35. The van der Waals surface area contributed by atoms with Crippen LogP contribution in [0.5, 0.6) is 0 Å². The van der Waals surface area contributed by atoms with E-state index in [9.17, 15) is 9.18 Å². The summed E-state index contributed by atoms with van der Waals surface area (Å²) in [6.45, 7) is 0. The van der Waals surface area contributed by atoms with E-state index in [1.165, 1.54) is 34.4 Å². The summed E-state index contributed by atoms with van der Waals surface area (Å²) in [5.41, 5.74) is -0.146. The normalized spacial score (nSPS) is 20.0. The van der Waals surface area contributed by atoms with E-state index < -0.39 is 5.82 Å². The number of aromatic nitrogens is 7. The van der Waals surface area contributed by atoms with Crippen molar-refractivity contribution >= 4 is 5.82 Å². The van der Waals surface area contributed by atoms with Crippen LogP contribution in [-0.2, 0) is 0 Å². The van der Waals surface area contributed by atoms with Crippen LogP contribution in [0.4, 0.5) is 10.2 Å². The number of hydrogen-bond donors (Lipinski definition) is 1. The van der Waals surface area contributed by atoms with Gasteiger partial charge in [0.1, 0.15) is 19.0 Å². The highest BCUT2D eigenvalue weighted by Gasteiger charge is 2.25. The Labute approximate surface area is 147 Å². The second-order valence-corrected chi connectivity index (χ2v) is 6.18. The third kappa shape index (κ3) is 3.30. The molecule has 3 aromatic rings. The molecule has 0 radical (unpaired) electrons. The number of hydrogen-bond acceptors (Lipinski definition) is 7. The quantitative estimate of drug-likeness (QED) is 0.752. The summed E-state index contributed by atoms with van der Waals surface area (Å²) in [5.74, 6) is 0.297. The Kier molecular flexibility index (Phi) is 4.38. The van der Waals surface area contributed by atoms with E-state index in [0.29, 0.717) is 5.82 Å². The van der Waals surface area contributed by atoms with E-state index in [4.69, 9.17) is 0 Å². The van der Waals surface area contributed by atoms with Gasteiger partial charge < -0.3 is 5.32 Å². The van der Waals surface area contributed by atoms with Gasteiger partial charge in [-0.3, -0.25) is 4.79 Å². The number of nitrogens with zero attached hydrogens (tertiary/aromatic N) is 7. The van der Waals surface area contributed by atoms with Crippen LogP contribution < -0.4 is 10.9 Å². The van der Waals surface area contributed by atoms with Crippen molar-refractivity contribution in [3.05, 3.63) is 53.5 Å². The first-order valence-corrected chi connectivity index (χ1v) is 8.37. The average molecular weight is 356 g/mol. The average Bonchev–Trinajstić information content (AvgIpc) is 3.20. The summed E-state index contributed by atoms with van der Waals surface area (Å²) < 4.78 is 16.7. The minimum absolute atomic E-state index is 0.000678. The van der Waals surface area contributed by atoms with Gasteiger partial charge in [-0.25, -0.2) is 28.7 Å². The maximum Gasteiger partial charge on any atom is 0.267 e. The van der Waals surface area contributed by atoms with Gasteiger partial charge in [0.05, 0.1) is 12.2 Å². The molecule has 1 aliphatic carbocycles. The molecule has 0 bridgehead atoms. The first-order valence-electron chi connectivity index (χ1n) is 8.37. The predicted molar refractivity (Wildman–Crippen MR) is 90.3 cm³/mol. The smallest absolute Gasteiger partial charge is 0.267 e. The molecule has 10 heteroatoms. The van der Waals surface area contributed by atoms with Crippen LogP contribution in [0.1, 0.15) is 31.7 Å². The maximum absolute atomic E-state index is 13.7. The van der Waals surface area contributed by atoms with Gasteiger partial charge in [-0.15, -0.1) is 5.10 Å². The molecule has 1 N–H and O–H groups in total. The van der Waals surface area contributed by atoms with Crippen molar-refractivity contribution in [2.24, 2.45) is 0 Å².